The Hall–Kier alpha value is -1.43. The largest absolute Gasteiger partial charge is 0.396 e. The molecule has 1 fully saturated rings. The van der Waals surface area contributed by atoms with Gasteiger partial charge in [0.2, 0.25) is 0 Å². The molecule has 1 aliphatic rings. The van der Waals surface area contributed by atoms with Crippen LogP contribution < -0.4 is 10.6 Å². The molecule has 0 aromatic heterocycles. The predicted octanol–water partition coefficient (Wildman–Crippen LogP) is 1.04. The Morgan fingerprint density at radius 3 is 2.64 bits per heavy atom. The first-order valence-corrected chi connectivity index (χ1v) is 7.92. The van der Waals surface area contributed by atoms with Crippen molar-refractivity contribution in [3.05, 3.63) is 35.9 Å². The number of piperidine rings is 1. The van der Waals surface area contributed by atoms with E-state index in [9.17, 15) is 9.90 Å². The molecule has 0 aliphatic carbocycles. The molecule has 0 spiro atoms. The fraction of sp³-hybridized carbons (Fsp3) is 0.588. The number of ether oxygens (including phenoxy) is 1. The molecule has 0 bridgehead atoms. The maximum Gasteiger partial charge on any atom is 0.252 e. The summed E-state index contributed by atoms with van der Waals surface area (Å²) in [7, 11) is 1.60. The summed E-state index contributed by atoms with van der Waals surface area (Å²) >= 11 is 0. The summed E-state index contributed by atoms with van der Waals surface area (Å²) in [5.41, 5.74) is 0.416. The van der Waals surface area contributed by atoms with Crippen LogP contribution in [0.1, 0.15) is 30.7 Å². The summed E-state index contributed by atoms with van der Waals surface area (Å²) in [6.45, 7) is 2.21. The Kier molecular flexibility index (Phi) is 6.36. The van der Waals surface area contributed by atoms with Crippen LogP contribution in [0.25, 0.3) is 0 Å². The van der Waals surface area contributed by atoms with Crippen LogP contribution in [0.4, 0.5) is 0 Å². The smallest absolute Gasteiger partial charge is 0.252 e. The van der Waals surface area contributed by atoms with E-state index >= 15 is 0 Å². The first-order chi connectivity index (χ1) is 10.7. The first-order valence-electron chi connectivity index (χ1n) is 7.92. The molecule has 1 aromatic rings. The molecule has 5 nitrogen and oxygen atoms in total. The van der Waals surface area contributed by atoms with E-state index in [2.05, 4.69) is 10.6 Å². The molecule has 0 radical (unpaired) electrons. The van der Waals surface area contributed by atoms with E-state index in [1.54, 1.807) is 7.11 Å². The van der Waals surface area contributed by atoms with E-state index in [1.807, 2.05) is 30.3 Å². The molecule has 1 aromatic carbocycles. The zero-order valence-corrected chi connectivity index (χ0v) is 13.2. The third-order valence-corrected chi connectivity index (χ3v) is 4.47. The second-order valence-corrected chi connectivity index (χ2v) is 5.78. The van der Waals surface area contributed by atoms with Gasteiger partial charge in [0.15, 0.2) is 0 Å². The Labute approximate surface area is 132 Å². The molecular formula is C17H26N2O3. The number of methoxy groups -OCH3 is 1. The van der Waals surface area contributed by atoms with E-state index in [0.717, 1.165) is 18.7 Å². The summed E-state index contributed by atoms with van der Waals surface area (Å²) in [6.07, 6.45) is 2.00. The maximum absolute atomic E-state index is 12.6. The number of carbonyl (C=O) groups is 1. The summed E-state index contributed by atoms with van der Waals surface area (Å²) in [6, 6.07) is 9.98. The highest BCUT2D eigenvalue weighted by Crippen LogP contribution is 2.24. The lowest BCUT2D eigenvalue weighted by atomic mass is 9.90. The van der Waals surface area contributed by atoms with Crippen LogP contribution in [-0.4, -0.2) is 50.0 Å². The van der Waals surface area contributed by atoms with Crippen LogP contribution in [-0.2, 0) is 9.53 Å². The zero-order valence-electron chi connectivity index (χ0n) is 13.2. The number of rotatable bonds is 7. The van der Waals surface area contributed by atoms with Crippen LogP contribution in [0.15, 0.2) is 30.3 Å². The summed E-state index contributed by atoms with van der Waals surface area (Å²) in [5.74, 6) is 0.0705. The third-order valence-electron chi connectivity index (χ3n) is 4.47. The molecule has 1 atom stereocenters. The van der Waals surface area contributed by atoms with Crippen molar-refractivity contribution in [3.63, 3.8) is 0 Å². The number of carbonyl (C=O) groups excluding carboxylic acids is 1. The van der Waals surface area contributed by atoms with Gasteiger partial charge in [0.1, 0.15) is 5.60 Å². The Morgan fingerprint density at radius 2 is 2.05 bits per heavy atom. The summed E-state index contributed by atoms with van der Waals surface area (Å²) < 4.78 is 5.54. The normalized spacial score (nSPS) is 18.6. The number of nitrogens with one attached hydrogen (secondary N) is 2. The van der Waals surface area contributed by atoms with E-state index in [-0.39, 0.29) is 18.4 Å². The van der Waals surface area contributed by atoms with Crippen molar-refractivity contribution in [1.29, 1.82) is 0 Å². The van der Waals surface area contributed by atoms with Crippen molar-refractivity contribution < 1.29 is 14.6 Å². The first kappa shape index (κ1) is 16.9. The Morgan fingerprint density at radius 1 is 1.36 bits per heavy atom. The lowest BCUT2D eigenvalue weighted by Crippen LogP contribution is -2.54. The van der Waals surface area contributed by atoms with Crippen molar-refractivity contribution >= 4 is 5.91 Å². The van der Waals surface area contributed by atoms with Gasteiger partial charge in [0.05, 0.1) is 0 Å². The molecule has 0 saturated carbocycles. The zero-order chi connectivity index (χ0) is 15.8. The Bertz CT molecular complexity index is 458. The number of amides is 1. The average Bonchev–Trinajstić information content (AvgIpc) is 2.59. The van der Waals surface area contributed by atoms with Gasteiger partial charge >= 0.3 is 0 Å². The van der Waals surface area contributed by atoms with Gasteiger partial charge < -0.3 is 20.5 Å². The lowest BCUT2D eigenvalue weighted by Gasteiger charge is -2.35. The number of hydrogen-bond donors (Lipinski definition) is 3. The van der Waals surface area contributed by atoms with E-state index in [4.69, 9.17) is 4.74 Å². The molecule has 2 rings (SSSR count). The molecule has 1 heterocycles. The number of benzene rings is 1. The number of aliphatic hydroxyl groups is 1. The van der Waals surface area contributed by atoms with Crippen LogP contribution >= 0.6 is 0 Å². The second-order valence-electron chi connectivity index (χ2n) is 5.78. The number of hydrogen-bond acceptors (Lipinski definition) is 4. The average molecular weight is 306 g/mol. The predicted molar refractivity (Wildman–Crippen MR) is 85.7 cm³/mol. The third kappa shape index (κ3) is 4.06. The molecule has 22 heavy (non-hydrogen) atoms. The molecule has 1 unspecified atom stereocenters. The van der Waals surface area contributed by atoms with E-state index in [1.165, 1.54) is 0 Å². The molecule has 1 saturated heterocycles. The minimum Gasteiger partial charge on any atom is -0.396 e. The van der Waals surface area contributed by atoms with Gasteiger partial charge in [-0.3, -0.25) is 4.79 Å². The topological polar surface area (TPSA) is 70.6 Å². The van der Waals surface area contributed by atoms with Crippen molar-refractivity contribution in [2.75, 3.05) is 33.4 Å². The Balaban J connectivity index is 1.98. The van der Waals surface area contributed by atoms with Gasteiger partial charge in [-0.2, -0.15) is 0 Å². The summed E-state index contributed by atoms with van der Waals surface area (Å²) in [4.78, 5) is 12.6. The number of aliphatic hydroxyl groups excluding tert-OH is 1. The monoisotopic (exact) mass is 306 g/mol. The lowest BCUT2D eigenvalue weighted by molar-refractivity contribution is -0.146. The van der Waals surface area contributed by atoms with Crippen LogP contribution in [0.2, 0.25) is 0 Å². The van der Waals surface area contributed by atoms with Crippen LogP contribution in [0.3, 0.4) is 0 Å². The van der Waals surface area contributed by atoms with Crippen LogP contribution in [0.5, 0.6) is 0 Å². The molecular weight excluding hydrogens is 280 g/mol. The quantitative estimate of drug-likeness (QED) is 0.704. The van der Waals surface area contributed by atoms with Crippen molar-refractivity contribution in [2.45, 2.75) is 30.8 Å². The van der Waals surface area contributed by atoms with E-state index in [0.29, 0.717) is 25.8 Å². The van der Waals surface area contributed by atoms with Gasteiger partial charge in [0, 0.05) is 26.2 Å². The van der Waals surface area contributed by atoms with Crippen molar-refractivity contribution in [1.82, 2.24) is 10.6 Å². The van der Waals surface area contributed by atoms with Gasteiger partial charge in [-0.15, -0.1) is 0 Å². The fourth-order valence-electron chi connectivity index (χ4n) is 3.00. The highest BCUT2D eigenvalue weighted by atomic mass is 16.5. The minimum absolute atomic E-state index is 0.0460. The molecule has 1 aliphatic heterocycles. The molecule has 122 valence electrons. The van der Waals surface area contributed by atoms with Gasteiger partial charge in [0.25, 0.3) is 5.91 Å². The van der Waals surface area contributed by atoms with Gasteiger partial charge in [-0.05, 0) is 37.9 Å². The SMILES string of the molecule is COC1(C(=O)NCC(CCO)c2ccccc2)CCNCC1. The summed E-state index contributed by atoms with van der Waals surface area (Å²) in [5, 5.41) is 15.5. The molecule has 1 amide bonds. The van der Waals surface area contributed by atoms with Crippen LogP contribution in [0, 0.1) is 0 Å². The van der Waals surface area contributed by atoms with E-state index < -0.39 is 5.60 Å². The second kappa shape index (κ2) is 8.27. The van der Waals surface area contributed by atoms with Crippen molar-refractivity contribution in [3.8, 4) is 0 Å². The van der Waals surface area contributed by atoms with Gasteiger partial charge in [-0.1, -0.05) is 30.3 Å². The highest BCUT2D eigenvalue weighted by molar-refractivity contribution is 5.85. The van der Waals surface area contributed by atoms with Crippen molar-refractivity contribution in [2.24, 2.45) is 0 Å². The molecule has 5 heteroatoms. The van der Waals surface area contributed by atoms with Gasteiger partial charge in [-0.25, -0.2) is 0 Å². The highest BCUT2D eigenvalue weighted by Gasteiger charge is 2.39. The fourth-order valence-corrected chi connectivity index (χ4v) is 3.00. The molecule has 3 N–H and O–H groups in total. The standard InChI is InChI=1S/C17H26N2O3/c1-22-17(8-10-18-11-9-17)16(21)19-13-15(7-12-20)14-5-3-2-4-6-14/h2-6,15,18,20H,7-13H2,1H3,(H,19,21). The minimum atomic E-state index is -0.717. The maximum atomic E-state index is 12.6.